The molecular weight excluding hydrogens is 336 g/mol. The van der Waals surface area contributed by atoms with Crippen molar-refractivity contribution in [3.8, 4) is 0 Å². The zero-order valence-corrected chi connectivity index (χ0v) is 17.2. The Morgan fingerprint density at radius 1 is 1.11 bits per heavy atom. The average Bonchev–Trinajstić information content (AvgIpc) is 2.66. The van der Waals surface area contributed by atoms with E-state index < -0.39 is 6.10 Å². The lowest BCUT2D eigenvalue weighted by atomic mass is 9.96. The molecule has 0 radical (unpaired) electrons. The summed E-state index contributed by atoms with van der Waals surface area (Å²) < 4.78 is 0. The number of aliphatic hydroxyl groups is 1. The molecule has 0 spiro atoms. The Hall–Kier alpha value is -2.14. The van der Waals surface area contributed by atoms with Gasteiger partial charge in [-0.05, 0) is 43.4 Å². The van der Waals surface area contributed by atoms with Gasteiger partial charge in [0.25, 0.3) is 0 Å². The van der Waals surface area contributed by atoms with E-state index in [1.54, 1.807) is 0 Å². The quantitative estimate of drug-likeness (QED) is 0.790. The fourth-order valence-corrected chi connectivity index (χ4v) is 3.33. The molecule has 5 heteroatoms. The van der Waals surface area contributed by atoms with Gasteiger partial charge >= 0.3 is 0 Å². The van der Waals surface area contributed by atoms with Crippen LogP contribution in [0, 0.1) is 0 Å². The zero-order valence-electron chi connectivity index (χ0n) is 17.2. The van der Waals surface area contributed by atoms with Gasteiger partial charge in [-0.3, -0.25) is 0 Å². The number of benzene rings is 1. The van der Waals surface area contributed by atoms with Crippen LogP contribution in [0.25, 0.3) is 0 Å². The molecule has 2 atom stereocenters. The number of aromatic nitrogens is 2. The molecule has 1 aliphatic rings. The molecule has 5 nitrogen and oxygen atoms in total. The van der Waals surface area contributed by atoms with Crippen molar-refractivity contribution in [3.63, 3.8) is 0 Å². The fourth-order valence-electron chi connectivity index (χ4n) is 3.33. The Morgan fingerprint density at radius 3 is 2.56 bits per heavy atom. The SMILES string of the molecule is CC[C@@H](C)Nc1cc(N2CCc3cc([C@H](C)O)ccc3C2)nc(C(C)C)n1. The normalized spacial score (nSPS) is 16.2. The number of aliphatic hydroxyl groups excluding tert-OH is 1. The molecule has 0 fully saturated rings. The van der Waals surface area contributed by atoms with E-state index in [0.717, 1.165) is 49.0 Å². The highest BCUT2D eigenvalue weighted by Crippen LogP contribution is 2.28. The summed E-state index contributed by atoms with van der Waals surface area (Å²) in [5.41, 5.74) is 3.64. The highest BCUT2D eigenvalue weighted by Gasteiger charge is 2.20. The Kier molecular flexibility index (Phi) is 6.00. The Balaban J connectivity index is 1.87. The molecule has 3 rings (SSSR count). The van der Waals surface area contributed by atoms with E-state index in [4.69, 9.17) is 9.97 Å². The largest absolute Gasteiger partial charge is 0.389 e. The summed E-state index contributed by atoms with van der Waals surface area (Å²) in [7, 11) is 0. The molecule has 0 amide bonds. The lowest BCUT2D eigenvalue weighted by Gasteiger charge is -2.31. The second kappa shape index (κ2) is 8.26. The van der Waals surface area contributed by atoms with Gasteiger partial charge in [-0.2, -0.15) is 0 Å². The van der Waals surface area contributed by atoms with Gasteiger partial charge in [-0.25, -0.2) is 9.97 Å². The Morgan fingerprint density at radius 2 is 1.89 bits per heavy atom. The summed E-state index contributed by atoms with van der Waals surface area (Å²) in [6, 6.07) is 8.78. The first kappa shape index (κ1) is 19.6. The third-order valence-corrected chi connectivity index (χ3v) is 5.30. The molecule has 1 aromatic carbocycles. The third-order valence-electron chi connectivity index (χ3n) is 5.30. The van der Waals surface area contributed by atoms with Crippen molar-refractivity contribution in [2.24, 2.45) is 0 Å². The summed E-state index contributed by atoms with van der Waals surface area (Å²) in [6.45, 7) is 12.2. The molecule has 1 aromatic heterocycles. The van der Waals surface area contributed by atoms with Crippen molar-refractivity contribution in [2.45, 2.75) is 72.1 Å². The monoisotopic (exact) mass is 368 g/mol. The van der Waals surface area contributed by atoms with E-state index in [1.807, 2.05) is 13.0 Å². The fraction of sp³-hybridized carbons (Fsp3) is 0.545. The van der Waals surface area contributed by atoms with Crippen molar-refractivity contribution < 1.29 is 5.11 Å². The third kappa shape index (κ3) is 4.59. The van der Waals surface area contributed by atoms with E-state index in [2.05, 4.69) is 56.1 Å². The van der Waals surface area contributed by atoms with Gasteiger partial charge < -0.3 is 15.3 Å². The molecule has 146 valence electrons. The number of hydrogen-bond acceptors (Lipinski definition) is 5. The lowest BCUT2D eigenvalue weighted by Crippen LogP contribution is -2.31. The summed E-state index contributed by atoms with van der Waals surface area (Å²) in [4.78, 5) is 11.9. The van der Waals surface area contributed by atoms with Crippen molar-refractivity contribution in [1.82, 2.24) is 9.97 Å². The van der Waals surface area contributed by atoms with Crippen LogP contribution in [0.1, 0.15) is 75.6 Å². The first-order valence-electron chi connectivity index (χ1n) is 10.1. The van der Waals surface area contributed by atoms with Gasteiger partial charge in [0.15, 0.2) is 0 Å². The van der Waals surface area contributed by atoms with Crippen molar-refractivity contribution >= 4 is 11.6 Å². The van der Waals surface area contributed by atoms with Crippen LogP contribution in [0.5, 0.6) is 0 Å². The molecule has 27 heavy (non-hydrogen) atoms. The number of nitrogens with one attached hydrogen (secondary N) is 1. The molecule has 2 heterocycles. The zero-order chi connectivity index (χ0) is 19.6. The highest BCUT2D eigenvalue weighted by atomic mass is 16.3. The molecule has 0 saturated carbocycles. The minimum absolute atomic E-state index is 0.285. The molecule has 0 saturated heterocycles. The van der Waals surface area contributed by atoms with E-state index in [-0.39, 0.29) is 5.92 Å². The van der Waals surface area contributed by atoms with Crippen LogP contribution in [0.2, 0.25) is 0 Å². The van der Waals surface area contributed by atoms with Gasteiger partial charge in [-0.1, -0.05) is 39.0 Å². The number of hydrogen-bond donors (Lipinski definition) is 2. The molecule has 0 bridgehead atoms. The predicted octanol–water partition coefficient (Wildman–Crippen LogP) is 4.43. The smallest absolute Gasteiger partial charge is 0.135 e. The minimum Gasteiger partial charge on any atom is -0.389 e. The van der Waals surface area contributed by atoms with E-state index in [9.17, 15) is 5.11 Å². The Labute approximate surface area is 162 Å². The van der Waals surface area contributed by atoms with Crippen LogP contribution in [0.15, 0.2) is 24.3 Å². The summed E-state index contributed by atoms with van der Waals surface area (Å²) >= 11 is 0. The van der Waals surface area contributed by atoms with E-state index in [0.29, 0.717) is 6.04 Å². The van der Waals surface area contributed by atoms with Crippen LogP contribution in [-0.2, 0) is 13.0 Å². The summed E-state index contributed by atoms with van der Waals surface area (Å²) in [5, 5.41) is 13.3. The molecule has 2 aromatic rings. The highest BCUT2D eigenvalue weighted by molar-refractivity contribution is 5.52. The Bertz CT molecular complexity index is 788. The van der Waals surface area contributed by atoms with Crippen LogP contribution in [-0.4, -0.2) is 27.7 Å². The summed E-state index contributed by atoms with van der Waals surface area (Å²) in [5.74, 6) is 3.07. The van der Waals surface area contributed by atoms with Crippen molar-refractivity contribution in [1.29, 1.82) is 0 Å². The number of fused-ring (bicyclic) bond motifs is 1. The molecule has 0 unspecified atom stereocenters. The first-order valence-corrected chi connectivity index (χ1v) is 10.1. The van der Waals surface area contributed by atoms with Gasteiger partial charge in [0, 0.05) is 31.1 Å². The number of rotatable bonds is 6. The van der Waals surface area contributed by atoms with Crippen molar-refractivity contribution in [3.05, 3.63) is 46.8 Å². The van der Waals surface area contributed by atoms with Gasteiger partial charge in [0.1, 0.15) is 17.5 Å². The lowest BCUT2D eigenvalue weighted by molar-refractivity contribution is 0.199. The van der Waals surface area contributed by atoms with Gasteiger partial charge in [0.05, 0.1) is 6.10 Å². The predicted molar refractivity (Wildman–Crippen MR) is 111 cm³/mol. The van der Waals surface area contributed by atoms with E-state index >= 15 is 0 Å². The minimum atomic E-state index is -0.419. The first-order chi connectivity index (χ1) is 12.9. The topological polar surface area (TPSA) is 61.3 Å². The van der Waals surface area contributed by atoms with Crippen LogP contribution < -0.4 is 10.2 Å². The van der Waals surface area contributed by atoms with Crippen LogP contribution >= 0.6 is 0 Å². The maximum absolute atomic E-state index is 9.83. The average molecular weight is 369 g/mol. The number of nitrogens with zero attached hydrogens (tertiary/aromatic N) is 3. The standard InChI is InChI=1S/C22H32N4O/c1-6-15(4)23-20-12-21(25-22(24-20)14(2)3)26-10-9-18-11-17(16(5)27)7-8-19(18)13-26/h7-8,11-12,14-16,27H,6,9-10,13H2,1-5H3,(H,23,24,25)/t15-,16+/m1/s1. The molecule has 0 aliphatic carbocycles. The second-order valence-corrected chi connectivity index (χ2v) is 7.95. The summed E-state index contributed by atoms with van der Waals surface area (Å²) in [6.07, 6.45) is 1.60. The molecular formula is C22H32N4O. The van der Waals surface area contributed by atoms with Crippen LogP contribution in [0.3, 0.4) is 0 Å². The molecule has 2 N–H and O–H groups in total. The van der Waals surface area contributed by atoms with E-state index in [1.165, 1.54) is 11.1 Å². The van der Waals surface area contributed by atoms with Crippen LogP contribution in [0.4, 0.5) is 11.6 Å². The van der Waals surface area contributed by atoms with Gasteiger partial charge in [-0.15, -0.1) is 0 Å². The maximum Gasteiger partial charge on any atom is 0.135 e. The molecule has 1 aliphatic heterocycles. The second-order valence-electron chi connectivity index (χ2n) is 7.95. The number of anilines is 2. The maximum atomic E-state index is 9.83. The van der Waals surface area contributed by atoms with Crippen molar-refractivity contribution in [2.75, 3.05) is 16.8 Å². The van der Waals surface area contributed by atoms with Gasteiger partial charge in [0.2, 0.25) is 0 Å².